The molecule has 0 bridgehead atoms. The van der Waals surface area contributed by atoms with Crippen LogP contribution in [0.1, 0.15) is 17.0 Å². The van der Waals surface area contributed by atoms with Gasteiger partial charge in [0.1, 0.15) is 5.56 Å². The first kappa shape index (κ1) is 18.0. The number of halogens is 6. The number of carbonyl (C=O) groups is 1. The Hall–Kier alpha value is -2.04. The molecule has 0 saturated carbocycles. The highest BCUT2D eigenvalue weighted by molar-refractivity contribution is 5.73. The zero-order valence-electron chi connectivity index (χ0n) is 11.0. The van der Waals surface area contributed by atoms with Crippen LogP contribution in [0.15, 0.2) is 6.07 Å². The highest BCUT2D eigenvalue weighted by Gasteiger charge is 2.41. The van der Waals surface area contributed by atoms with Gasteiger partial charge in [-0.2, -0.15) is 13.2 Å². The van der Waals surface area contributed by atoms with Gasteiger partial charge in [0, 0.05) is 6.54 Å². The molecule has 5 nitrogen and oxygen atoms in total. The molecular formula is C11H10F6N2O3. The number of rotatable bonds is 4. The molecule has 2 N–H and O–H groups in total. The molecule has 0 aliphatic heterocycles. The molecule has 0 saturated heterocycles. The lowest BCUT2D eigenvalue weighted by molar-refractivity contribution is -0.276. The summed E-state index contributed by atoms with van der Waals surface area (Å²) in [6, 6.07) is 0.335. The number of methoxy groups -OCH3 is 1. The molecule has 0 spiro atoms. The predicted molar refractivity (Wildman–Crippen MR) is 59.5 cm³/mol. The van der Waals surface area contributed by atoms with Gasteiger partial charge in [-0.05, 0) is 6.07 Å². The maximum Gasteiger partial charge on any atom is 0.573 e. The monoisotopic (exact) mass is 332 g/mol. The first-order valence-electron chi connectivity index (χ1n) is 5.60. The Morgan fingerprint density at radius 3 is 2.27 bits per heavy atom. The van der Waals surface area contributed by atoms with Gasteiger partial charge >= 0.3 is 18.5 Å². The first-order valence-corrected chi connectivity index (χ1v) is 5.60. The molecule has 1 aromatic rings. The van der Waals surface area contributed by atoms with Crippen molar-refractivity contribution in [1.82, 2.24) is 4.98 Å². The van der Waals surface area contributed by atoms with E-state index in [1.807, 2.05) is 0 Å². The number of nitrogens with two attached hydrogens (primary N) is 1. The third kappa shape index (κ3) is 4.76. The molecule has 0 fully saturated rings. The Labute approximate surface area is 120 Å². The molecule has 1 aromatic heterocycles. The Bertz CT molecular complexity index is 556. The summed E-state index contributed by atoms with van der Waals surface area (Å²) in [6.45, 7) is -0.469. The van der Waals surface area contributed by atoms with Crippen molar-refractivity contribution in [1.29, 1.82) is 0 Å². The largest absolute Gasteiger partial charge is 0.573 e. The average molecular weight is 332 g/mol. The normalized spacial score (nSPS) is 12.2. The predicted octanol–water partition coefficient (Wildman–Crippen LogP) is 2.17. The summed E-state index contributed by atoms with van der Waals surface area (Å²) in [5.74, 6) is -2.68. The van der Waals surface area contributed by atoms with Crippen LogP contribution in [0.25, 0.3) is 0 Å². The molecule has 0 radical (unpaired) electrons. The summed E-state index contributed by atoms with van der Waals surface area (Å²) in [4.78, 5) is 14.6. The smallest absolute Gasteiger partial charge is 0.469 e. The van der Waals surface area contributed by atoms with Crippen molar-refractivity contribution in [3.05, 3.63) is 23.0 Å². The maximum atomic E-state index is 12.9. The molecule has 0 aliphatic rings. The molecule has 124 valence electrons. The Morgan fingerprint density at radius 2 is 1.86 bits per heavy atom. The zero-order chi connectivity index (χ0) is 17.1. The molecule has 1 rings (SSSR count). The van der Waals surface area contributed by atoms with E-state index in [0.717, 1.165) is 7.11 Å². The summed E-state index contributed by atoms with van der Waals surface area (Å²) in [6.07, 6.45) is -11.5. The fourth-order valence-electron chi connectivity index (χ4n) is 1.52. The van der Waals surface area contributed by atoms with Crippen LogP contribution in [-0.2, 0) is 28.7 Å². The van der Waals surface area contributed by atoms with Crippen molar-refractivity contribution in [2.75, 3.05) is 7.11 Å². The van der Waals surface area contributed by atoms with Crippen LogP contribution in [0.4, 0.5) is 26.3 Å². The summed E-state index contributed by atoms with van der Waals surface area (Å²) >= 11 is 0. The Morgan fingerprint density at radius 1 is 1.27 bits per heavy atom. The van der Waals surface area contributed by atoms with Crippen molar-refractivity contribution in [3.8, 4) is 5.75 Å². The van der Waals surface area contributed by atoms with Crippen LogP contribution in [0.5, 0.6) is 5.75 Å². The van der Waals surface area contributed by atoms with Gasteiger partial charge in [-0.3, -0.25) is 9.78 Å². The maximum absolute atomic E-state index is 12.9. The number of esters is 1. The van der Waals surface area contributed by atoms with Crippen LogP contribution < -0.4 is 10.5 Å². The third-order valence-electron chi connectivity index (χ3n) is 2.37. The van der Waals surface area contributed by atoms with E-state index in [2.05, 4.69) is 14.5 Å². The highest BCUT2D eigenvalue weighted by Crippen LogP contribution is 2.40. The molecule has 1 heterocycles. The summed E-state index contributed by atoms with van der Waals surface area (Å²) in [7, 11) is 0.921. The zero-order valence-corrected chi connectivity index (χ0v) is 11.0. The SMILES string of the molecule is COC(=O)Cc1nc(CN)cc(C(F)(F)F)c1OC(F)(F)F. The number of nitrogens with zero attached hydrogens (tertiary/aromatic N) is 1. The number of hydrogen-bond donors (Lipinski definition) is 1. The van der Waals surface area contributed by atoms with E-state index in [1.54, 1.807) is 0 Å². The molecule has 11 heteroatoms. The van der Waals surface area contributed by atoms with Gasteiger partial charge in [-0.1, -0.05) is 0 Å². The number of alkyl halides is 6. The first-order chi connectivity index (χ1) is 9.97. The fourth-order valence-corrected chi connectivity index (χ4v) is 1.52. The Kier molecular flexibility index (Phi) is 5.22. The molecule has 0 amide bonds. The number of pyridine rings is 1. The van der Waals surface area contributed by atoms with Crippen LogP contribution >= 0.6 is 0 Å². The lowest BCUT2D eigenvalue weighted by Crippen LogP contribution is -2.23. The van der Waals surface area contributed by atoms with Gasteiger partial charge in [0.05, 0.1) is 24.9 Å². The van der Waals surface area contributed by atoms with E-state index in [-0.39, 0.29) is 5.69 Å². The molecule has 22 heavy (non-hydrogen) atoms. The summed E-state index contributed by atoms with van der Waals surface area (Å²) in [5.41, 5.74) is 2.23. The summed E-state index contributed by atoms with van der Waals surface area (Å²) < 4.78 is 83.3. The topological polar surface area (TPSA) is 74.4 Å². The number of carbonyl (C=O) groups excluding carboxylic acids is 1. The number of aromatic nitrogens is 1. The van der Waals surface area contributed by atoms with E-state index in [0.29, 0.717) is 6.07 Å². The van der Waals surface area contributed by atoms with Gasteiger partial charge in [0.15, 0.2) is 5.75 Å². The van der Waals surface area contributed by atoms with Gasteiger partial charge in [-0.25, -0.2) is 0 Å². The Balaban J connectivity index is 3.52. The van der Waals surface area contributed by atoms with E-state index in [1.165, 1.54) is 0 Å². The van der Waals surface area contributed by atoms with Gasteiger partial charge in [0.25, 0.3) is 0 Å². The van der Waals surface area contributed by atoms with E-state index in [9.17, 15) is 31.1 Å². The summed E-state index contributed by atoms with van der Waals surface area (Å²) in [5, 5.41) is 0. The van der Waals surface area contributed by atoms with Crippen LogP contribution in [0, 0.1) is 0 Å². The van der Waals surface area contributed by atoms with Gasteiger partial charge in [-0.15, -0.1) is 13.2 Å². The minimum atomic E-state index is -5.39. The third-order valence-corrected chi connectivity index (χ3v) is 2.37. The second kappa shape index (κ2) is 6.38. The fraction of sp³-hybridized carbons (Fsp3) is 0.455. The standard InChI is InChI=1S/C11H10F6N2O3/c1-21-8(20)3-7-9(22-11(15,16)17)6(10(12,13)14)2-5(4-18)19-7/h2H,3-4,18H2,1H3. The number of hydrogen-bond acceptors (Lipinski definition) is 5. The van der Waals surface area contributed by atoms with Crippen molar-refractivity contribution in [2.24, 2.45) is 5.73 Å². The van der Waals surface area contributed by atoms with Crippen LogP contribution in [0.3, 0.4) is 0 Å². The van der Waals surface area contributed by atoms with Gasteiger partial charge < -0.3 is 15.2 Å². The van der Waals surface area contributed by atoms with Crippen molar-refractivity contribution in [2.45, 2.75) is 25.5 Å². The quantitative estimate of drug-likeness (QED) is 0.676. The van der Waals surface area contributed by atoms with E-state index >= 15 is 0 Å². The lowest BCUT2D eigenvalue weighted by Gasteiger charge is -2.19. The van der Waals surface area contributed by atoms with Crippen LogP contribution in [-0.4, -0.2) is 24.4 Å². The van der Waals surface area contributed by atoms with E-state index < -0.39 is 48.5 Å². The minimum Gasteiger partial charge on any atom is -0.469 e. The molecule has 0 unspecified atom stereocenters. The van der Waals surface area contributed by atoms with Gasteiger partial charge in [0.2, 0.25) is 0 Å². The van der Waals surface area contributed by atoms with Crippen molar-refractivity contribution < 1.29 is 40.6 Å². The lowest BCUT2D eigenvalue weighted by atomic mass is 10.1. The second-order valence-corrected chi connectivity index (χ2v) is 3.94. The molecule has 0 atom stereocenters. The van der Waals surface area contributed by atoms with Crippen molar-refractivity contribution in [3.63, 3.8) is 0 Å². The second-order valence-electron chi connectivity index (χ2n) is 3.94. The molecule has 0 aliphatic carbocycles. The number of ether oxygens (including phenoxy) is 2. The van der Waals surface area contributed by atoms with Crippen LogP contribution in [0.2, 0.25) is 0 Å². The molecule has 0 aromatic carbocycles. The highest BCUT2D eigenvalue weighted by atomic mass is 19.4. The average Bonchev–Trinajstić information content (AvgIpc) is 2.37. The minimum absolute atomic E-state index is 0.335. The van der Waals surface area contributed by atoms with Crippen molar-refractivity contribution >= 4 is 5.97 Å². The molecular weight excluding hydrogens is 322 g/mol. The van der Waals surface area contributed by atoms with E-state index in [4.69, 9.17) is 5.73 Å².